The number of carbonyl (C=O) groups excluding carboxylic acids is 1. The van der Waals surface area contributed by atoms with Crippen LogP contribution in [0.1, 0.15) is 44.7 Å². The molecule has 0 saturated carbocycles. The fourth-order valence-corrected chi connectivity index (χ4v) is 1.93. The van der Waals surface area contributed by atoms with Crippen molar-refractivity contribution < 1.29 is 4.79 Å². The maximum Gasteiger partial charge on any atom is 0.226 e. The summed E-state index contributed by atoms with van der Waals surface area (Å²) >= 11 is 0. The fourth-order valence-electron chi connectivity index (χ4n) is 1.93. The van der Waals surface area contributed by atoms with Gasteiger partial charge in [-0.05, 0) is 24.0 Å². The first-order valence-corrected chi connectivity index (χ1v) is 6.92. The van der Waals surface area contributed by atoms with Crippen LogP contribution in [-0.4, -0.2) is 23.9 Å². The second kappa shape index (κ2) is 8.28. The number of benzene rings is 1. The van der Waals surface area contributed by atoms with Crippen LogP contribution in [0.4, 0.5) is 0 Å². The molecule has 2 unspecified atom stereocenters. The average molecular weight is 299 g/mol. The maximum atomic E-state index is 12.1. The first-order valence-electron chi connectivity index (χ1n) is 6.92. The monoisotopic (exact) mass is 298 g/mol. The summed E-state index contributed by atoms with van der Waals surface area (Å²) in [6.07, 6.45) is 0. The van der Waals surface area contributed by atoms with Crippen LogP contribution in [0.15, 0.2) is 24.3 Å². The highest BCUT2D eigenvalue weighted by Gasteiger charge is 2.20. The van der Waals surface area contributed by atoms with Crippen LogP contribution < -0.4 is 5.73 Å². The van der Waals surface area contributed by atoms with E-state index in [1.807, 2.05) is 20.9 Å². The molecule has 20 heavy (non-hydrogen) atoms. The molecule has 4 heteroatoms. The van der Waals surface area contributed by atoms with E-state index in [2.05, 4.69) is 38.1 Å². The number of amides is 1. The van der Waals surface area contributed by atoms with Gasteiger partial charge in [0.2, 0.25) is 5.91 Å². The van der Waals surface area contributed by atoms with E-state index < -0.39 is 0 Å². The fraction of sp³-hybridized carbons (Fsp3) is 0.562. The summed E-state index contributed by atoms with van der Waals surface area (Å²) < 4.78 is 0. The zero-order valence-electron chi connectivity index (χ0n) is 13.1. The molecule has 1 amide bonds. The standard InChI is InChI=1S/C16H26N2O.ClH/c1-11(2)15-8-6-14(7-9-15)10-18(5)16(19)12(3)13(4)17;/h6-9,11-13H,10,17H2,1-5H3;1H. The molecule has 1 rings (SSSR count). The molecule has 0 radical (unpaired) electrons. The minimum absolute atomic E-state index is 0. The van der Waals surface area contributed by atoms with Crippen molar-refractivity contribution in [1.82, 2.24) is 4.90 Å². The zero-order chi connectivity index (χ0) is 14.6. The lowest BCUT2D eigenvalue weighted by molar-refractivity contribution is -0.134. The molecule has 3 nitrogen and oxygen atoms in total. The lowest BCUT2D eigenvalue weighted by Gasteiger charge is -2.23. The van der Waals surface area contributed by atoms with E-state index in [1.54, 1.807) is 4.90 Å². The highest BCUT2D eigenvalue weighted by atomic mass is 35.5. The number of carbonyl (C=O) groups is 1. The Kier molecular flexibility index (Phi) is 7.84. The van der Waals surface area contributed by atoms with Crippen molar-refractivity contribution in [3.63, 3.8) is 0 Å². The summed E-state index contributed by atoms with van der Waals surface area (Å²) in [5.74, 6) is 0.495. The van der Waals surface area contributed by atoms with Crippen molar-refractivity contribution in [3.05, 3.63) is 35.4 Å². The third kappa shape index (κ3) is 5.14. The molecule has 2 N–H and O–H groups in total. The van der Waals surface area contributed by atoms with E-state index in [0.29, 0.717) is 12.5 Å². The van der Waals surface area contributed by atoms with Crippen LogP contribution in [0.5, 0.6) is 0 Å². The Bertz CT molecular complexity index is 415. The molecular formula is C16H27ClN2O. The van der Waals surface area contributed by atoms with Gasteiger partial charge in [-0.15, -0.1) is 12.4 Å². The average Bonchev–Trinajstić information content (AvgIpc) is 2.37. The molecule has 0 aromatic heterocycles. The van der Waals surface area contributed by atoms with Gasteiger partial charge in [0.1, 0.15) is 0 Å². The molecular weight excluding hydrogens is 272 g/mol. The van der Waals surface area contributed by atoms with Crippen molar-refractivity contribution in [2.75, 3.05) is 7.05 Å². The van der Waals surface area contributed by atoms with Gasteiger partial charge < -0.3 is 10.6 Å². The van der Waals surface area contributed by atoms with Crippen molar-refractivity contribution >= 4 is 18.3 Å². The minimum Gasteiger partial charge on any atom is -0.341 e. The predicted octanol–water partition coefficient (Wildman–Crippen LogP) is 3.17. The lowest BCUT2D eigenvalue weighted by atomic mass is 10.0. The van der Waals surface area contributed by atoms with Crippen LogP contribution in [0.25, 0.3) is 0 Å². The third-order valence-electron chi connectivity index (χ3n) is 3.62. The second-order valence-corrected chi connectivity index (χ2v) is 5.74. The summed E-state index contributed by atoms with van der Waals surface area (Å²) in [5.41, 5.74) is 8.24. The Balaban J connectivity index is 0.00000361. The Hall–Kier alpha value is -1.06. The first kappa shape index (κ1) is 18.9. The van der Waals surface area contributed by atoms with Crippen molar-refractivity contribution in [2.24, 2.45) is 11.7 Å². The van der Waals surface area contributed by atoms with E-state index in [0.717, 1.165) is 5.56 Å². The smallest absolute Gasteiger partial charge is 0.226 e. The Labute approximate surface area is 128 Å². The largest absolute Gasteiger partial charge is 0.341 e. The van der Waals surface area contributed by atoms with Gasteiger partial charge >= 0.3 is 0 Å². The van der Waals surface area contributed by atoms with Gasteiger partial charge in [-0.2, -0.15) is 0 Å². The van der Waals surface area contributed by atoms with E-state index >= 15 is 0 Å². The third-order valence-corrected chi connectivity index (χ3v) is 3.62. The Morgan fingerprint density at radius 3 is 2.05 bits per heavy atom. The maximum absolute atomic E-state index is 12.1. The number of hydrogen-bond donors (Lipinski definition) is 1. The molecule has 0 aliphatic rings. The summed E-state index contributed by atoms with van der Waals surface area (Å²) in [5, 5.41) is 0. The van der Waals surface area contributed by atoms with E-state index in [4.69, 9.17) is 5.73 Å². The van der Waals surface area contributed by atoms with Crippen LogP contribution >= 0.6 is 12.4 Å². The van der Waals surface area contributed by atoms with Gasteiger partial charge in [0.25, 0.3) is 0 Å². The van der Waals surface area contributed by atoms with Gasteiger partial charge in [-0.1, -0.05) is 45.0 Å². The number of rotatable bonds is 5. The van der Waals surface area contributed by atoms with Crippen LogP contribution in [0, 0.1) is 5.92 Å². The summed E-state index contributed by atoms with van der Waals surface area (Å²) in [6.45, 7) is 8.73. The predicted molar refractivity (Wildman–Crippen MR) is 87.1 cm³/mol. The van der Waals surface area contributed by atoms with Crippen molar-refractivity contribution in [3.8, 4) is 0 Å². The Morgan fingerprint density at radius 2 is 1.65 bits per heavy atom. The van der Waals surface area contributed by atoms with Crippen molar-refractivity contribution in [1.29, 1.82) is 0 Å². The van der Waals surface area contributed by atoms with E-state index in [1.165, 1.54) is 5.56 Å². The molecule has 0 heterocycles. The molecule has 1 aromatic rings. The highest BCUT2D eigenvalue weighted by molar-refractivity contribution is 5.85. The topological polar surface area (TPSA) is 46.3 Å². The molecule has 0 aliphatic carbocycles. The molecule has 0 fully saturated rings. The van der Waals surface area contributed by atoms with Crippen LogP contribution in [-0.2, 0) is 11.3 Å². The lowest BCUT2D eigenvalue weighted by Crippen LogP contribution is -2.39. The summed E-state index contributed by atoms with van der Waals surface area (Å²) in [6, 6.07) is 8.34. The second-order valence-electron chi connectivity index (χ2n) is 5.74. The van der Waals surface area contributed by atoms with Gasteiger partial charge in [0.15, 0.2) is 0 Å². The molecule has 0 spiro atoms. The van der Waals surface area contributed by atoms with Gasteiger partial charge in [0.05, 0.1) is 5.92 Å². The molecule has 2 atom stereocenters. The number of halogens is 1. The summed E-state index contributed by atoms with van der Waals surface area (Å²) in [4.78, 5) is 13.9. The Morgan fingerprint density at radius 1 is 1.15 bits per heavy atom. The number of nitrogens with zero attached hydrogens (tertiary/aromatic N) is 1. The molecule has 1 aromatic carbocycles. The normalized spacial score (nSPS) is 13.6. The number of hydrogen-bond acceptors (Lipinski definition) is 2. The highest BCUT2D eigenvalue weighted by Crippen LogP contribution is 2.16. The molecule has 0 saturated heterocycles. The number of nitrogens with two attached hydrogens (primary N) is 1. The zero-order valence-corrected chi connectivity index (χ0v) is 13.9. The van der Waals surface area contributed by atoms with E-state index in [9.17, 15) is 4.79 Å². The summed E-state index contributed by atoms with van der Waals surface area (Å²) in [7, 11) is 1.83. The van der Waals surface area contributed by atoms with Gasteiger partial charge in [-0.3, -0.25) is 4.79 Å². The van der Waals surface area contributed by atoms with Gasteiger partial charge in [0, 0.05) is 19.6 Å². The quantitative estimate of drug-likeness (QED) is 0.907. The minimum atomic E-state index is -0.139. The van der Waals surface area contributed by atoms with E-state index in [-0.39, 0.29) is 30.3 Å². The van der Waals surface area contributed by atoms with Crippen LogP contribution in [0.3, 0.4) is 0 Å². The van der Waals surface area contributed by atoms with Crippen LogP contribution in [0.2, 0.25) is 0 Å². The van der Waals surface area contributed by atoms with Crippen molar-refractivity contribution in [2.45, 2.75) is 46.2 Å². The van der Waals surface area contributed by atoms with Gasteiger partial charge in [-0.25, -0.2) is 0 Å². The molecule has 114 valence electrons. The first-order chi connectivity index (χ1) is 8.82. The molecule has 0 aliphatic heterocycles. The SMILES string of the molecule is CC(C)c1ccc(CN(C)C(=O)C(C)C(C)N)cc1.Cl. The molecule has 0 bridgehead atoms.